The van der Waals surface area contributed by atoms with Crippen molar-refractivity contribution in [2.45, 2.75) is 5.16 Å². The number of benzene rings is 2. The minimum atomic E-state index is -0.746. The van der Waals surface area contributed by atoms with Crippen molar-refractivity contribution >= 4 is 29.0 Å². The number of rotatable bonds is 6. The molecule has 0 atom stereocenters. The summed E-state index contributed by atoms with van der Waals surface area (Å²) in [5, 5.41) is 21.8. The van der Waals surface area contributed by atoms with E-state index in [-0.39, 0.29) is 17.1 Å². The number of nitro benzene ring substituents is 1. The number of hydrogen-bond donors (Lipinski definition) is 1. The van der Waals surface area contributed by atoms with Crippen molar-refractivity contribution in [3.63, 3.8) is 0 Å². The molecule has 1 N–H and O–H groups in total. The lowest BCUT2D eigenvalue weighted by atomic mass is 10.2. The van der Waals surface area contributed by atoms with Gasteiger partial charge in [-0.1, -0.05) is 42.1 Å². The molecular weight excluding hydrogens is 373 g/mol. The maximum absolute atomic E-state index is 13.7. The van der Waals surface area contributed by atoms with E-state index in [2.05, 4.69) is 15.5 Å². The maximum atomic E-state index is 13.7. The van der Waals surface area contributed by atoms with Crippen molar-refractivity contribution in [3.8, 4) is 11.4 Å². The summed E-state index contributed by atoms with van der Waals surface area (Å²) in [5.41, 5.74) is 0.348. The van der Waals surface area contributed by atoms with Gasteiger partial charge in [0.05, 0.1) is 16.4 Å². The Hall–Kier alpha value is -3.27. The highest BCUT2D eigenvalue weighted by molar-refractivity contribution is 7.99. The van der Waals surface area contributed by atoms with E-state index in [1.807, 2.05) is 30.3 Å². The molecule has 0 radical (unpaired) electrons. The Kier molecular flexibility index (Phi) is 5.46. The zero-order valence-corrected chi connectivity index (χ0v) is 14.9. The van der Waals surface area contributed by atoms with Crippen LogP contribution in [0, 0.1) is 15.9 Å². The van der Waals surface area contributed by atoms with Crippen LogP contribution >= 0.6 is 11.8 Å². The first-order valence-electron chi connectivity index (χ1n) is 7.77. The van der Waals surface area contributed by atoms with Crippen LogP contribution in [0.15, 0.2) is 53.7 Å². The number of aromatic nitrogens is 3. The number of nitrogens with zero attached hydrogens (tertiary/aromatic N) is 4. The first-order valence-corrected chi connectivity index (χ1v) is 8.75. The van der Waals surface area contributed by atoms with Crippen molar-refractivity contribution in [2.75, 3.05) is 11.1 Å². The summed E-state index contributed by atoms with van der Waals surface area (Å²) in [6.45, 7) is 0. The van der Waals surface area contributed by atoms with E-state index in [9.17, 15) is 19.3 Å². The molecule has 138 valence electrons. The molecule has 10 heteroatoms. The summed E-state index contributed by atoms with van der Waals surface area (Å²) < 4.78 is 15.5. The molecule has 0 unspecified atom stereocenters. The lowest BCUT2D eigenvalue weighted by molar-refractivity contribution is -0.384. The number of nitrogens with one attached hydrogen (secondary N) is 1. The molecule has 0 saturated heterocycles. The number of nitro groups is 1. The van der Waals surface area contributed by atoms with Gasteiger partial charge in [0.15, 0.2) is 11.0 Å². The molecule has 0 spiro atoms. The molecule has 0 aliphatic heterocycles. The van der Waals surface area contributed by atoms with Crippen LogP contribution in [0.25, 0.3) is 11.4 Å². The first kappa shape index (κ1) is 18.5. The van der Waals surface area contributed by atoms with Crippen molar-refractivity contribution in [3.05, 3.63) is 64.5 Å². The Balaban J connectivity index is 1.66. The largest absolute Gasteiger partial charge is 0.323 e. The van der Waals surface area contributed by atoms with E-state index < -0.39 is 16.6 Å². The van der Waals surface area contributed by atoms with E-state index in [0.717, 1.165) is 35.5 Å². The van der Waals surface area contributed by atoms with Gasteiger partial charge in [-0.25, -0.2) is 4.39 Å². The third kappa shape index (κ3) is 4.29. The van der Waals surface area contributed by atoms with Gasteiger partial charge >= 0.3 is 0 Å². The molecule has 1 amide bonds. The van der Waals surface area contributed by atoms with Crippen LogP contribution in [0.2, 0.25) is 0 Å². The number of amides is 1. The SMILES string of the molecule is Cn1c(SCC(=O)Nc2cc([N+](=O)[O-])ccc2F)nnc1-c1ccccc1. The fraction of sp³-hybridized carbons (Fsp3) is 0.118. The second-order valence-corrected chi connectivity index (χ2v) is 6.43. The second kappa shape index (κ2) is 7.96. The lowest BCUT2D eigenvalue weighted by Gasteiger charge is -2.06. The van der Waals surface area contributed by atoms with E-state index in [4.69, 9.17) is 0 Å². The van der Waals surface area contributed by atoms with Crippen LogP contribution < -0.4 is 5.32 Å². The van der Waals surface area contributed by atoms with Crippen LogP contribution in [0.4, 0.5) is 15.8 Å². The highest BCUT2D eigenvalue weighted by Crippen LogP contribution is 2.24. The van der Waals surface area contributed by atoms with Gasteiger partial charge in [-0.15, -0.1) is 10.2 Å². The average Bonchev–Trinajstić information content (AvgIpc) is 3.03. The maximum Gasteiger partial charge on any atom is 0.271 e. The van der Waals surface area contributed by atoms with Gasteiger partial charge in [-0.2, -0.15) is 0 Å². The summed E-state index contributed by atoms with van der Waals surface area (Å²) in [4.78, 5) is 22.2. The number of thioether (sulfide) groups is 1. The standard InChI is InChI=1S/C17H14FN5O3S/c1-22-16(11-5-3-2-4-6-11)20-21-17(22)27-10-15(24)19-14-9-12(23(25)26)7-8-13(14)18/h2-9H,10H2,1H3,(H,19,24). The molecule has 0 fully saturated rings. The Morgan fingerprint density at radius 2 is 2.00 bits per heavy atom. The molecule has 27 heavy (non-hydrogen) atoms. The van der Waals surface area contributed by atoms with Gasteiger partial charge in [0.1, 0.15) is 5.82 Å². The summed E-state index contributed by atoms with van der Waals surface area (Å²) in [6.07, 6.45) is 0. The number of carbonyl (C=O) groups is 1. The minimum absolute atomic E-state index is 0.0527. The third-order valence-electron chi connectivity index (χ3n) is 3.63. The Morgan fingerprint density at radius 3 is 2.70 bits per heavy atom. The average molecular weight is 387 g/mol. The summed E-state index contributed by atoms with van der Waals surface area (Å²) in [6, 6.07) is 12.4. The van der Waals surface area contributed by atoms with E-state index >= 15 is 0 Å². The van der Waals surface area contributed by atoms with Crippen molar-refractivity contribution in [1.82, 2.24) is 14.8 Å². The quantitative estimate of drug-likeness (QED) is 0.396. The lowest BCUT2D eigenvalue weighted by Crippen LogP contribution is -2.15. The summed E-state index contributed by atoms with van der Waals surface area (Å²) >= 11 is 1.13. The topological polar surface area (TPSA) is 103 Å². The monoisotopic (exact) mass is 387 g/mol. The summed E-state index contributed by atoms with van der Waals surface area (Å²) in [5.74, 6) is -0.654. The Bertz CT molecular complexity index is 993. The zero-order valence-electron chi connectivity index (χ0n) is 14.1. The number of halogens is 1. The van der Waals surface area contributed by atoms with Crippen molar-refractivity contribution in [1.29, 1.82) is 0 Å². The molecule has 0 saturated carbocycles. The van der Waals surface area contributed by atoms with Crippen LogP contribution in [0.5, 0.6) is 0 Å². The molecule has 1 heterocycles. The van der Waals surface area contributed by atoms with Crippen LogP contribution in [0.3, 0.4) is 0 Å². The molecule has 1 aromatic heterocycles. The zero-order chi connectivity index (χ0) is 19.4. The second-order valence-electron chi connectivity index (χ2n) is 5.49. The number of carbonyl (C=O) groups excluding carboxylic acids is 1. The first-order chi connectivity index (χ1) is 13.0. The molecule has 0 aliphatic carbocycles. The third-order valence-corrected chi connectivity index (χ3v) is 4.65. The summed E-state index contributed by atoms with van der Waals surface area (Å²) in [7, 11) is 1.78. The van der Waals surface area contributed by atoms with Gasteiger partial charge < -0.3 is 9.88 Å². The Morgan fingerprint density at radius 1 is 1.26 bits per heavy atom. The number of hydrogen-bond acceptors (Lipinski definition) is 6. The normalized spacial score (nSPS) is 10.6. The number of anilines is 1. The van der Waals surface area contributed by atoms with Crippen molar-refractivity contribution < 1.29 is 14.1 Å². The van der Waals surface area contributed by atoms with Gasteiger partial charge in [0.25, 0.3) is 5.69 Å². The fourth-order valence-electron chi connectivity index (χ4n) is 2.32. The van der Waals surface area contributed by atoms with Crippen molar-refractivity contribution in [2.24, 2.45) is 7.05 Å². The number of non-ortho nitro benzene ring substituents is 1. The van der Waals surface area contributed by atoms with Gasteiger partial charge in [0, 0.05) is 24.7 Å². The molecule has 8 nitrogen and oxygen atoms in total. The smallest absolute Gasteiger partial charge is 0.271 e. The van der Waals surface area contributed by atoms with Gasteiger partial charge in [0.2, 0.25) is 5.91 Å². The minimum Gasteiger partial charge on any atom is -0.323 e. The van der Waals surface area contributed by atoms with Gasteiger partial charge in [-0.05, 0) is 6.07 Å². The fourth-order valence-corrected chi connectivity index (χ4v) is 3.03. The molecule has 3 aromatic rings. The van der Waals surface area contributed by atoms with Crippen LogP contribution in [-0.2, 0) is 11.8 Å². The predicted molar refractivity (Wildman–Crippen MR) is 98.8 cm³/mol. The van der Waals surface area contributed by atoms with Crippen LogP contribution in [0.1, 0.15) is 0 Å². The molecule has 0 bridgehead atoms. The van der Waals surface area contributed by atoms with Gasteiger partial charge in [-0.3, -0.25) is 14.9 Å². The molecule has 2 aromatic carbocycles. The molecule has 0 aliphatic rings. The Labute approximate surface area is 157 Å². The highest BCUT2D eigenvalue weighted by Gasteiger charge is 2.15. The van der Waals surface area contributed by atoms with E-state index in [1.54, 1.807) is 11.6 Å². The highest BCUT2D eigenvalue weighted by atomic mass is 32.2. The molecule has 3 rings (SSSR count). The van der Waals surface area contributed by atoms with E-state index in [1.165, 1.54) is 0 Å². The van der Waals surface area contributed by atoms with E-state index in [0.29, 0.717) is 11.0 Å². The van der Waals surface area contributed by atoms with Crippen LogP contribution in [-0.4, -0.2) is 31.3 Å². The molecular formula is C17H14FN5O3S. The predicted octanol–water partition coefficient (Wildman–Crippen LogP) is 3.26.